The van der Waals surface area contributed by atoms with Gasteiger partial charge in [-0.2, -0.15) is 0 Å². The Bertz CT molecular complexity index is 538. The van der Waals surface area contributed by atoms with Crippen molar-refractivity contribution < 1.29 is 33.3 Å². The number of azide groups is 1. The summed E-state index contributed by atoms with van der Waals surface area (Å²) in [5, 5.41) is 3.40. The molecule has 0 aromatic rings. The Balaban J connectivity index is 3.15. The van der Waals surface area contributed by atoms with Gasteiger partial charge in [0.15, 0.2) is 5.12 Å². The Labute approximate surface area is 142 Å². The van der Waals surface area contributed by atoms with Gasteiger partial charge < -0.3 is 18.9 Å². The second kappa shape index (κ2) is 9.48. The fourth-order valence-corrected chi connectivity index (χ4v) is 3.20. The minimum Gasteiger partial charge on any atom is -0.463 e. The number of esters is 2. The van der Waals surface area contributed by atoms with E-state index in [4.69, 9.17) is 24.5 Å². The highest BCUT2D eigenvalue weighted by Gasteiger charge is 2.48. The van der Waals surface area contributed by atoms with E-state index in [0.717, 1.165) is 11.8 Å². The lowest BCUT2D eigenvalue weighted by atomic mass is 9.97. The number of rotatable bonds is 6. The molecule has 0 spiro atoms. The zero-order chi connectivity index (χ0) is 18.3. The van der Waals surface area contributed by atoms with E-state index in [1.807, 2.05) is 0 Å². The lowest BCUT2D eigenvalue weighted by Crippen LogP contribution is -2.59. The van der Waals surface area contributed by atoms with E-state index in [9.17, 15) is 14.4 Å². The Morgan fingerprint density at radius 2 is 1.88 bits per heavy atom. The molecule has 0 amide bonds. The molecule has 11 heteroatoms. The number of hydrogen-bond acceptors (Lipinski definition) is 9. The molecule has 1 fully saturated rings. The first-order chi connectivity index (χ1) is 11.3. The van der Waals surface area contributed by atoms with E-state index in [0.29, 0.717) is 0 Å². The first kappa shape index (κ1) is 20.2. The van der Waals surface area contributed by atoms with Crippen LogP contribution < -0.4 is 0 Å². The van der Waals surface area contributed by atoms with E-state index in [-0.39, 0.29) is 11.7 Å². The van der Waals surface area contributed by atoms with Crippen LogP contribution in [-0.2, 0) is 33.3 Å². The summed E-state index contributed by atoms with van der Waals surface area (Å²) in [6.45, 7) is 3.53. The molecule has 0 bridgehead atoms. The molecule has 1 heterocycles. The van der Waals surface area contributed by atoms with E-state index in [1.165, 1.54) is 27.9 Å². The number of ether oxygens (including phenoxy) is 4. The smallest absolute Gasteiger partial charge is 0.303 e. The number of carbonyl (C=O) groups excluding carboxylic acids is 3. The number of nitrogens with zero attached hydrogens (tertiary/aromatic N) is 3. The fraction of sp³-hybridized carbons (Fsp3) is 0.769. The molecule has 10 nitrogen and oxygen atoms in total. The van der Waals surface area contributed by atoms with Gasteiger partial charge >= 0.3 is 11.9 Å². The van der Waals surface area contributed by atoms with Crippen molar-refractivity contribution in [3.63, 3.8) is 0 Å². The van der Waals surface area contributed by atoms with Crippen molar-refractivity contribution in [1.29, 1.82) is 0 Å². The summed E-state index contributed by atoms with van der Waals surface area (Å²) < 4.78 is 21.1. The van der Waals surface area contributed by atoms with E-state index >= 15 is 0 Å². The first-order valence-corrected chi connectivity index (χ1v) is 7.88. The van der Waals surface area contributed by atoms with Crippen LogP contribution >= 0.6 is 11.8 Å². The largest absolute Gasteiger partial charge is 0.463 e. The molecule has 5 atom stereocenters. The molecule has 1 saturated heterocycles. The zero-order valence-corrected chi connectivity index (χ0v) is 14.5. The molecule has 0 aromatic heterocycles. The van der Waals surface area contributed by atoms with Gasteiger partial charge in [-0.15, -0.1) is 0 Å². The molecule has 1 aliphatic rings. The van der Waals surface area contributed by atoms with Gasteiger partial charge in [0.1, 0.15) is 36.4 Å². The summed E-state index contributed by atoms with van der Waals surface area (Å²) in [5.41, 5.74) is 8.01. The summed E-state index contributed by atoms with van der Waals surface area (Å²) in [6.07, 6.45) is -2.75. The van der Waals surface area contributed by atoms with Gasteiger partial charge in [-0.25, -0.2) is 0 Å². The first-order valence-electron chi connectivity index (χ1n) is 7.00. The highest BCUT2D eigenvalue weighted by atomic mass is 32.2. The van der Waals surface area contributed by atoms with Crippen molar-refractivity contribution in [2.24, 2.45) is 5.11 Å². The molecule has 24 heavy (non-hydrogen) atoms. The van der Waals surface area contributed by atoms with Crippen LogP contribution in [0.15, 0.2) is 5.11 Å². The Morgan fingerprint density at radius 3 is 2.33 bits per heavy atom. The normalized spacial score (nSPS) is 29.2. The Hall–Kier alpha value is -1.81. The molecule has 134 valence electrons. The topological polar surface area (TPSA) is 137 Å². The number of hydrogen-bond donors (Lipinski definition) is 0. The highest BCUT2D eigenvalue weighted by molar-refractivity contribution is 8.14. The van der Waals surface area contributed by atoms with Crippen molar-refractivity contribution >= 4 is 28.8 Å². The van der Waals surface area contributed by atoms with Crippen molar-refractivity contribution in [2.45, 2.75) is 50.6 Å². The quantitative estimate of drug-likeness (QED) is 0.297. The third kappa shape index (κ3) is 5.68. The highest BCUT2D eigenvalue weighted by Crippen LogP contribution is 2.34. The Morgan fingerprint density at radius 1 is 1.21 bits per heavy atom. The molecule has 0 aliphatic carbocycles. The van der Waals surface area contributed by atoms with Crippen LogP contribution in [0.2, 0.25) is 0 Å². The molecule has 1 aliphatic heterocycles. The summed E-state index contributed by atoms with van der Waals surface area (Å²) in [4.78, 5) is 36.6. The second-order valence-electron chi connectivity index (χ2n) is 4.92. The van der Waals surface area contributed by atoms with Crippen LogP contribution in [0.25, 0.3) is 10.4 Å². The number of thioether (sulfide) groups is 1. The molecular formula is C13H19N3O7S. The maximum atomic E-state index is 11.4. The molecule has 0 aromatic carbocycles. The lowest BCUT2D eigenvalue weighted by Gasteiger charge is -2.43. The van der Waals surface area contributed by atoms with Gasteiger partial charge in [0.25, 0.3) is 0 Å². The fourth-order valence-electron chi connectivity index (χ4n) is 2.27. The van der Waals surface area contributed by atoms with Gasteiger partial charge in [-0.1, -0.05) is 16.9 Å². The standard InChI is InChI=1S/C13H19N3O7S/c1-6(17)21-5-9-11(22-7(2)18)10(15-16-14)12(20-4)13(23-9)24-8(3)19/h9-13H,5H2,1-4H3/t9-,10+,11+,12-,13?/m1/s1. The van der Waals surface area contributed by atoms with E-state index in [1.54, 1.807) is 0 Å². The zero-order valence-electron chi connectivity index (χ0n) is 13.7. The van der Waals surface area contributed by atoms with Crippen molar-refractivity contribution in [3.8, 4) is 0 Å². The van der Waals surface area contributed by atoms with Crippen LogP contribution in [0.3, 0.4) is 0 Å². The monoisotopic (exact) mass is 361 g/mol. The molecule has 1 unspecified atom stereocenters. The van der Waals surface area contributed by atoms with Crippen LogP contribution in [0, 0.1) is 0 Å². The maximum Gasteiger partial charge on any atom is 0.303 e. The van der Waals surface area contributed by atoms with Gasteiger partial charge in [-0.05, 0) is 5.53 Å². The minimum atomic E-state index is -1.02. The van der Waals surface area contributed by atoms with Gasteiger partial charge in [-0.3, -0.25) is 14.4 Å². The SMILES string of the molecule is CO[C@H]1C(SC(C)=O)O[C@H](COC(C)=O)[C@H](OC(C)=O)[C@@H]1N=[N+]=[N-]. The van der Waals surface area contributed by atoms with Crippen LogP contribution in [0.5, 0.6) is 0 Å². The van der Waals surface area contributed by atoms with Gasteiger partial charge in [0.2, 0.25) is 0 Å². The predicted octanol–water partition coefficient (Wildman–Crippen LogP) is 1.18. The Kier molecular flexibility index (Phi) is 7.99. The van der Waals surface area contributed by atoms with Crippen molar-refractivity contribution in [3.05, 3.63) is 10.4 Å². The minimum absolute atomic E-state index is 0.226. The molecule has 1 rings (SSSR count). The van der Waals surface area contributed by atoms with Crippen molar-refractivity contribution in [1.82, 2.24) is 0 Å². The molecule has 0 N–H and O–H groups in total. The van der Waals surface area contributed by atoms with Crippen LogP contribution in [0.1, 0.15) is 20.8 Å². The molecular weight excluding hydrogens is 342 g/mol. The lowest BCUT2D eigenvalue weighted by molar-refractivity contribution is -0.196. The third-order valence-electron chi connectivity index (χ3n) is 3.11. The maximum absolute atomic E-state index is 11.4. The van der Waals surface area contributed by atoms with E-state index in [2.05, 4.69) is 10.0 Å². The van der Waals surface area contributed by atoms with Gasteiger partial charge in [0.05, 0.1) is 0 Å². The average molecular weight is 361 g/mol. The molecule has 0 radical (unpaired) electrons. The summed E-state index contributed by atoms with van der Waals surface area (Å²) >= 11 is 0.846. The predicted molar refractivity (Wildman–Crippen MR) is 82.9 cm³/mol. The van der Waals surface area contributed by atoms with Crippen LogP contribution in [0.4, 0.5) is 0 Å². The summed E-state index contributed by atoms with van der Waals surface area (Å²) in [6, 6.07) is -0.949. The third-order valence-corrected chi connectivity index (χ3v) is 4.05. The summed E-state index contributed by atoms with van der Waals surface area (Å²) in [5.74, 6) is -1.17. The average Bonchev–Trinajstić information content (AvgIpc) is 2.47. The summed E-state index contributed by atoms with van der Waals surface area (Å²) in [7, 11) is 1.36. The van der Waals surface area contributed by atoms with Crippen LogP contribution in [-0.4, -0.2) is 60.6 Å². The number of carbonyl (C=O) groups is 3. The second-order valence-corrected chi connectivity index (χ2v) is 6.20. The van der Waals surface area contributed by atoms with E-state index < -0.39 is 41.7 Å². The van der Waals surface area contributed by atoms with Crippen molar-refractivity contribution in [2.75, 3.05) is 13.7 Å². The van der Waals surface area contributed by atoms with Gasteiger partial charge in [0, 0.05) is 32.8 Å². The molecule has 0 saturated carbocycles. The number of methoxy groups -OCH3 is 1.